The average molecular weight is 440 g/mol. The minimum Gasteiger partial charge on any atom is -0.495 e. The third-order valence-corrected chi connectivity index (χ3v) is 6.26. The van der Waals surface area contributed by atoms with E-state index in [0.717, 1.165) is 36.0 Å². The van der Waals surface area contributed by atoms with Crippen LogP contribution in [0.25, 0.3) is 11.2 Å². The molecular weight excluding hydrogens is 406 g/mol. The highest BCUT2D eigenvalue weighted by molar-refractivity contribution is 5.84. The van der Waals surface area contributed by atoms with E-state index in [9.17, 15) is 5.11 Å². The van der Waals surface area contributed by atoms with Crippen molar-refractivity contribution in [2.75, 3.05) is 30.1 Å². The standard InChI is InChI=1S/C23H33N7O2/c1-3-16(13-31)27-23-28-21(25-12-15-8-7-11-18(32-2)19(15)24)20-22(29-23)30(14-26-20)17-9-5-4-6-10-17/h7-8,11,14,16-17,31H,3-6,9-10,12-13,24H2,1-2H3,(H2,25,27,28,29). The molecule has 4 rings (SSSR count). The van der Waals surface area contributed by atoms with Gasteiger partial charge in [-0.05, 0) is 30.9 Å². The van der Waals surface area contributed by atoms with Gasteiger partial charge in [0.05, 0.1) is 31.8 Å². The Bertz CT molecular complexity index is 1040. The van der Waals surface area contributed by atoms with Gasteiger partial charge in [-0.15, -0.1) is 0 Å². The molecular formula is C23H33N7O2. The molecule has 5 N–H and O–H groups in total. The van der Waals surface area contributed by atoms with E-state index in [-0.39, 0.29) is 12.6 Å². The molecule has 0 bridgehead atoms. The maximum absolute atomic E-state index is 9.64. The van der Waals surface area contributed by atoms with Crippen LogP contribution in [0, 0.1) is 0 Å². The highest BCUT2D eigenvalue weighted by Gasteiger charge is 2.21. The van der Waals surface area contributed by atoms with Crippen molar-refractivity contribution in [1.82, 2.24) is 19.5 Å². The maximum Gasteiger partial charge on any atom is 0.227 e. The molecule has 172 valence electrons. The SMILES string of the molecule is CCC(CO)Nc1nc(NCc2cccc(OC)c2N)c2ncn(C3CCCCC3)c2n1. The molecule has 2 aromatic heterocycles. The summed E-state index contributed by atoms with van der Waals surface area (Å²) in [6.07, 6.45) is 8.66. The first kappa shape index (κ1) is 22.1. The number of aliphatic hydroxyl groups excluding tert-OH is 1. The van der Waals surface area contributed by atoms with E-state index in [1.807, 2.05) is 31.5 Å². The summed E-state index contributed by atoms with van der Waals surface area (Å²) in [6, 6.07) is 6.01. The minimum atomic E-state index is -0.111. The predicted molar refractivity (Wildman–Crippen MR) is 127 cm³/mol. The molecule has 1 aliphatic rings. The van der Waals surface area contributed by atoms with Gasteiger partial charge in [-0.1, -0.05) is 38.3 Å². The van der Waals surface area contributed by atoms with Gasteiger partial charge >= 0.3 is 0 Å². The molecule has 1 saturated carbocycles. The zero-order chi connectivity index (χ0) is 22.5. The lowest BCUT2D eigenvalue weighted by molar-refractivity contribution is 0.271. The molecule has 3 aromatic rings. The number of hydrogen-bond acceptors (Lipinski definition) is 8. The fraction of sp³-hybridized carbons (Fsp3) is 0.522. The van der Waals surface area contributed by atoms with Crippen LogP contribution >= 0.6 is 0 Å². The molecule has 2 heterocycles. The Morgan fingerprint density at radius 2 is 2.06 bits per heavy atom. The highest BCUT2D eigenvalue weighted by atomic mass is 16.5. The molecule has 0 radical (unpaired) electrons. The van der Waals surface area contributed by atoms with Crippen molar-refractivity contribution in [1.29, 1.82) is 0 Å². The van der Waals surface area contributed by atoms with Crippen LogP contribution in [-0.2, 0) is 6.54 Å². The van der Waals surface area contributed by atoms with Crippen LogP contribution in [0.5, 0.6) is 5.75 Å². The van der Waals surface area contributed by atoms with Gasteiger partial charge in [-0.25, -0.2) is 4.98 Å². The van der Waals surface area contributed by atoms with Gasteiger partial charge in [-0.2, -0.15) is 9.97 Å². The van der Waals surface area contributed by atoms with Crippen molar-refractivity contribution in [2.45, 2.75) is 64.1 Å². The number of fused-ring (bicyclic) bond motifs is 1. The predicted octanol–water partition coefficient (Wildman–Crippen LogP) is 3.72. The Morgan fingerprint density at radius 1 is 1.25 bits per heavy atom. The van der Waals surface area contributed by atoms with Crippen LogP contribution in [0.3, 0.4) is 0 Å². The average Bonchev–Trinajstić information content (AvgIpc) is 3.26. The van der Waals surface area contributed by atoms with E-state index < -0.39 is 0 Å². The number of nitrogens with zero attached hydrogens (tertiary/aromatic N) is 4. The van der Waals surface area contributed by atoms with Crippen molar-refractivity contribution in [2.24, 2.45) is 0 Å². The quantitative estimate of drug-likeness (QED) is 0.372. The molecule has 1 unspecified atom stereocenters. The molecule has 0 aliphatic heterocycles. The van der Waals surface area contributed by atoms with Gasteiger partial charge < -0.3 is 30.8 Å². The van der Waals surface area contributed by atoms with E-state index >= 15 is 0 Å². The van der Waals surface area contributed by atoms with E-state index in [4.69, 9.17) is 20.4 Å². The first-order chi connectivity index (χ1) is 15.6. The van der Waals surface area contributed by atoms with E-state index in [1.165, 1.54) is 19.3 Å². The molecule has 0 saturated heterocycles. The van der Waals surface area contributed by atoms with Crippen LogP contribution in [-0.4, -0.2) is 44.4 Å². The molecule has 9 heteroatoms. The molecule has 9 nitrogen and oxygen atoms in total. The summed E-state index contributed by atoms with van der Waals surface area (Å²) in [5.74, 6) is 1.77. The molecule has 1 atom stereocenters. The number of methoxy groups -OCH3 is 1. The normalized spacial score (nSPS) is 15.6. The van der Waals surface area contributed by atoms with Crippen LogP contribution in [0.2, 0.25) is 0 Å². The van der Waals surface area contributed by atoms with Crippen molar-refractivity contribution in [3.63, 3.8) is 0 Å². The van der Waals surface area contributed by atoms with Crippen LogP contribution in [0.15, 0.2) is 24.5 Å². The summed E-state index contributed by atoms with van der Waals surface area (Å²) in [5, 5.41) is 16.3. The van der Waals surface area contributed by atoms with Gasteiger partial charge in [0, 0.05) is 12.6 Å². The van der Waals surface area contributed by atoms with E-state index in [1.54, 1.807) is 7.11 Å². The van der Waals surface area contributed by atoms with Crippen molar-refractivity contribution in [3.8, 4) is 5.75 Å². The Balaban J connectivity index is 1.68. The number of imidazole rings is 1. The maximum atomic E-state index is 9.64. The molecule has 1 aliphatic carbocycles. The van der Waals surface area contributed by atoms with Crippen LogP contribution in [0.1, 0.15) is 57.1 Å². The second-order valence-electron chi connectivity index (χ2n) is 8.33. The first-order valence-electron chi connectivity index (χ1n) is 11.4. The topological polar surface area (TPSA) is 123 Å². The number of rotatable bonds is 9. The minimum absolute atomic E-state index is 0.0168. The van der Waals surface area contributed by atoms with Crippen molar-refractivity contribution < 1.29 is 9.84 Å². The fourth-order valence-electron chi connectivity index (χ4n) is 4.29. The van der Waals surface area contributed by atoms with E-state index in [0.29, 0.717) is 35.8 Å². The van der Waals surface area contributed by atoms with Gasteiger partial charge in [0.2, 0.25) is 5.95 Å². The zero-order valence-corrected chi connectivity index (χ0v) is 18.8. The molecule has 32 heavy (non-hydrogen) atoms. The summed E-state index contributed by atoms with van der Waals surface area (Å²) >= 11 is 0. The third kappa shape index (κ3) is 4.57. The highest BCUT2D eigenvalue weighted by Crippen LogP contribution is 2.32. The number of nitrogen functional groups attached to an aromatic ring is 1. The van der Waals surface area contributed by atoms with Crippen LogP contribution < -0.4 is 21.1 Å². The van der Waals surface area contributed by atoms with Crippen molar-refractivity contribution >= 4 is 28.6 Å². The Morgan fingerprint density at radius 3 is 2.78 bits per heavy atom. The summed E-state index contributed by atoms with van der Waals surface area (Å²) in [7, 11) is 1.61. The Hall–Kier alpha value is -3.07. The number of hydrogen-bond donors (Lipinski definition) is 4. The number of nitrogens with two attached hydrogens (primary N) is 1. The number of aromatic nitrogens is 4. The zero-order valence-electron chi connectivity index (χ0n) is 18.8. The molecule has 1 aromatic carbocycles. The van der Waals surface area contributed by atoms with Gasteiger partial charge in [0.25, 0.3) is 0 Å². The van der Waals surface area contributed by atoms with Gasteiger partial charge in [0.1, 0.15) is 5.75 Å². The van der Waals surface area contributed by atoms with Gasteiger partial charge in [0.15, 0.2) is 17.0 Å². The number of nitrogens with one attached hydrogen (secondary N) is 2. The molecule has 1 fully saturated rings. The number of para-hydroxylation sites is 1. The summed E-state index contributed by atoms with van der Waals surface area (Å²) in [4.78, 5) is 14.1. The largest absolute Gasteiger partial charge is 0.495 e. The summed E-state index contributed by atoms with van der Waals surface area (Å²) < 4.78 is 7.53. The molecule has 0 spiro atoms. The number of anilines is 3. The Kier molecular flexibility index (Phi) is 6.94. The smallest absolute Gasteiger partial charge is 0.227 e. The molecule has 0 amide bonds. The van der Waals surface area contributed by atoms with Crippen molar-refractivity contribution in [3.05, 3.63) is 30.1 Å². The summed E-state index contributed by atoms with van der Waals surface area (Å²) in [6.45, 7) is 2.51. The Labute approximate surface area is 188 Å². The second kappa shape index (κ2) is 10.0. The lowest BCUT2D eigenvalue weighted by atomic mass is 9.95. The number of benzene rings is 1. The van der Waals surface area contributed by atoms with Crippen LogP contribution in [0.4, 0.5) is 17.5 Å². The van der Waals surface area contributed by atoms with E-state index in [2.05, 4.69) is 20.2 Å². The fourth-order valence-corrected chi connectivity index (χ4v) is 4.29. The first-order valence-corrected chi connectivity index (χ1v) is 11.4. The monoisotopic (exact) mass is 439 g/mol. The lowest BCUT2D eigenvalue weighted by Crippen LogP contribution is -2.24. The van der Waals surface area contributed by atoms with Gasteiger partial charge in [-0.3, -0.25) is 0 Å². The second-order valence-corrected chi connectivity index (χ2v) is 8.33. The number of aliphatic hydroxyl groups is 1. The third-order valence-electron chi connectivity index (χ3n) is 6.26. The lowest BCUT2D eigenvalue weighted by Gasteiger charge is -2.23. The number of ether oxygens (including phenoxy) is 1. The summed E-state index contributed by atoms with van der Waals surface area (Å²) in [5.41, 5.74) is 9.31.